The first-order valence-corrected chi connectivity index (χ1v) is 14.9. The Morgan fingerprint density at radius 2 is 1.03 bits per heavy atom. The third kappa shape index (κ3) is 6.87. The van der Waals surface area contributed by atoms with Crippen LogP contribution in [0.5, 0.6) is 0 Å². The van der Waals surface area contributed by atoms with Crippen molar-refractivity contribution in [2.45, 2.75) is 83.2 Å². The summed E-state index contributed by atoms with van der Waals surface area (Å²) in [5.74, 6) is 0. The van der Waals surface area contributed by atoms with E-state index < -0.39 is 39.3 Å². The molecule has 0 nitrogen and oxygen atoms in total. The number of alkyl halides is 6. The summed E-state index contributed by atoms with van der Waals surface area (Å²) in [5, 5.41) is 2.51. The quantitative estimate of drug-likeness (QED) is 0.253. The van der Waals surface area contributed by atoms with Crippen LogP contribution in [0.1, 0.15) is 66.0 Å². The van der Waals surface area contributed by atoms with E-state index in [9.17, 15) is 26.3 Å². The summed E-state index contributed by atoms with van der Waals surface area (Å²) in [6.07, 6.45) is -4.08. The number of hydrogen-bond donors (Lipinski definition) is 0. The molecule has 1 atom stereocenters. The van der Waals surface area contributed by atoms with Crippen molar-refractivity contribution in [2.24, 2.45) is 0 Å². The van der Waals surface area contributed by atoms with E-state index in [0.29, 0.717) is 10.6 Å². The van der Waals surface area contributed by atoms with Crippen LogP contribution < -0.4 is 10.6 Å². The van der Waals surface area contributed by atoms with Crippen molar-refractivity contribution in [3.05, 3.63) is 82.7 Å². The maximum atomic E-state index is 13.3. The number of hydrogen-bond acceptors (Lipinski definition) is 0. The smallest absolute Gasteiger partial charge is 0.166 e. The summed E-state index contributed by atoms with van der Waals surface area (Å²) in [6.45, 7) is 15.7. The zero-order valence-electron chi connectivity index (χ0n) is 22.2. The third-order valence-corrected chi connectivity index (χ3v) is 13.0. The van der Waals surface area contributed by atoms with E-state index in [4.69, 9.17) is 0 Å². The fraction of sp³-hybridized carbons (Fsp3) is 0.448. The van der Waals surface area contributed by atoms with Crippen LogP contribution in [-0.2, 0) is 12.4 Å². The number of rotatable bonds is 5. The van der Waals surface area contributed by atoms with E-state index in [-0.39, 0.29) is 16.0 Å². The highest BCUT2D eigenvalue weighted by Gasteiger charge is 2.41. The summed E-state index contributed by atoms with van der Waals surface area (Å²) in [4.78, 5) is 0. The van der Waals surface area contributed by atoms with Gasteiger partial charge in [-0.05, 0) is 70.5 Å². The molecule has 3 rings (SSSR count). The Kier molecular flexibility index (Phi) is 8.48. The van der Waals surface area contributed by atoms with Gasteiger partial charge in [-0.3, -0.25) is 0 Å². The van der Waals surface area contributed by atoms with E-state index in [1.807, 2.05) is 6.08 Å². The van der Waals surface area contributed by atoms with Gasteiger partial charge in [0.25, 0.3) is 0 Å². The summed E-state index contributed by atoms with van der Waals surface area (Å²) < 4.78 is 79.6. The van der Waals surface area contributed by atoms with Gasteiger partial charge in [-0.2, -0.15) is 26.3 Å². The molecule has 1 aliphatic rings. The van der Waals surface area contributed by atoms with Gasteiger partial charge in [-0.15, -0.1) is 0 Å². The fourth-order valence-corrected chi connectivity index (χ4v) is 13.0. The SMILES string of the molecule is C[C@H](C1=C(P(c2ccc(C(F)(F)F)cc2)c2ccc(C(F)(F)F)cc2)C=CC1)P(C(C)(C)C)C(C)(C)C. The maximum absolute atomic E-state index is 13.3. The van der Waals surface area contributed by atoms with Crippen LogP contribution in [0.15, 0.2) is 71.6 Å². The van der Waals surface area contributed by atoms with Crippen molar-refractivity contribution in [2.75, 3.05) is 0 Å². The average Bonchev–Trinajstić information content (AvgIpc) is 3.21. The normalized spacial score (nSPS) is 16.3. The number of halogens is 6. The van der Waals surface area contributed by atoms with E-state index >= 15 is 0 Å². The molecule has 1 aliphatic carbocycles. The molecule has 0 amide bonds. The molecule has 0 spiro atoms. The van der Waals surface area contributed by atoms with E-state index in [2.05, 4.69) is 54.5 Å². The van der Waals surface area contributed by atoms with Gasteiger partial charge in [0.15, 0.2) is 0 Å². The molecule has 0 heterocycles. The van der Waals surface area contributed by atoms with Crippen LogP contribution in [0.25, 0.3) is 0 Å². The molecule has 0 aromatic heterocycles. The molecule has 2 aromatic carbocycles. The van der Waals surface area contributed by atoms with Crippen LogP contribution in [0, 0.1) is 0 Å². The lowest BCUT2D eigenvalue weighted by molar-refractivity contribution is -0.138. The molecule has 0 bridgehead atoms. The van der Waals surface area contributed by atoms with Gasteiger partial charge in [0.1, 0.15) is 0 Å². The van der Waals surface area contributed by atoms with Crippen molar-refractivity contribution in [3.8, 4) is 0 Å². The molecular formula is C29H34F6P2. The Bertz CT molecular complexity index is 1070. The van der Waals surface area contributed by atoms with Gasteiger partial charge in [-0.25, -0.2) is 0 Å². The fourth-order valence-electron chi connectivity index (χ4n) is 5.46. The molecular weight excluding hydrogens is 524 g/mol. The molecule has 0 saturated heterocycles. The minimum Gasteiger partial charge on any atom is -0.166 e. The van der Waals surface area contributed by atoms with Crippen LogP contribution in [0.3, 0.4) is 0 Å². The highest BCUT2D eigenvalue weighted by molar-refractivity contribution is 7.77. The zero-order chi connectivity index (χ0) is 28.0. The Hall–Kier alpha value is -1.64. The van der Waals surface area contributed by atoms with Gasteiger partial charge in [-0.1, -0.05) is 98.4 Å². The van der Waals surface area contributed by atoms with E-state index in [1.165, 1.54) is 29.8 Å². The number of benzene rings is 2. The topological polar surface area (TPSA) is 0 Å². The van der Waals surface area contributed by atoms with E-state index in [1.54, 1.807) is 0 Å². The summed E-state index contributed by atoms with van der Waals surface area (Å²) in [6, 6.07) is 10.2. The van der Waals surface area contributed by atoms with Crippen LogP contribution >= 0.6 is 15.8 Å². The molecule has 0 N–H and O–H groups in total. The highest BCUT2D eigenvalue weighted by Crippen LogP contribution is 2.66. The molecule has 8 heteroatoms. The van der Waals surface area contributed by atoms with Gasteiger partial charge in [0, 0.05) is 0 Å². The highest BCUT2D eigenvalue weighted by atomic mass is 31.1. The Balaban J connectivity index is 2.19. The molecule has 2 aromatic rings. The van der Waals surface area contributed by atoms with Crippen LogP contribution in [0.4, 0.5) is 26.3 Å². The first-order valence-electron chi connectivity index (χ1n) is 12.2. The maximum Gasteiger partial charge on any atom is 0.416 e. The second-order valence-electron chi connectivity index (χ2n) is 11.3. The van der Waals surface area contributed by atoms with Gasteiger partial charge in [0.2, 0.25) is 0 Å². The summed E-state index contributed by atoms with van der Waals surface area (Å²) in [5.41, 5.74) is -0.0185. The van der Waals surface area contributed by atoms with Crippen molar-refractivity contribution in [1.82, 2.24) is 0 Å². The lowest BCUT2D eigenvalue weighted by atomic mass is 10.2. The Morgan fingerprint density at radius 3 is 1.35 bits per heavy atom. The van der Waals surface area contributed by atoms with Crippen molar-refractivity contribution in [3.63, 3.8) is 0 Å². The van der Waals surface area contributed by atoms with Gasteiger partial charge >= 0.3 is 12.4 Å². The molecule has 37 heavy (non-hydrogen) atoms. The largest absolute Gasteiger partial charge is 0.416 e. The lowest BCUT2D eigenvalue weighted by Crippen LogP contribution is -2.31. The second kappa shape index (κ2) is 10.5. The first kappa shape index (κ1) is 29.9. The third-order valence-electron chi connectivity index (χ3n) is 6.43. The minimum atomic E-state index is -4.46. The predicted molar refractivity (Wildman–Crippen MR) is 146 cm³/mol. The minimum absolute atomic E-state index is 0.0547. The molecule has 0 unspecified atom stereocenters. The zero-order valence-corrected chi connectivity index (χ0v) is 24.0. The standard InChI is InChI=1S/C29H34F6P2/c1-19(37(26(2,3)4)27(5,6)7)24-9-8-10-25(24)36(22-15-11-20(12-16-22)28(30,31)32)23-17-13-21(14-18-23)29(33,34)35/h8,10-19H,9H2,1-7H3/t19-/m1/s1. The van der Waals surface area contributed by atoms with Crippen molar-refractivity contribution in [1.29, 1.82) is 0 Å². The molecule has 0 fully saturated rings. The van der Waals surface area contributed by atoms with Crippen molar-refractivity contribution < 1.29 is 26.3 Å². The van der Waals surface area contributed by atoms with Gasteiger partial charge in [0.05, 0.1) is 11.1 Å². The van der Waals surface area contributed by atoms with Crippen molar-refractivity contribution >= 4 is 26.5 Å². The summed E-state index contributed by atoms with van der Waals surface area (Å²) >= 11 is 0. The molecule has 202 valence electrons. The monoisotopic (exact) mass is 558 g/mol. The predicted octanol–water partition coefficient (Wildman–Crippen LogP) is 9.84. The van der Waals surface area contributed by atoms with Crippen LogP contribution in [0.2, 0.25) is 0 Å². The molecule has 0 saturated carbocycles. The van der Waals surface area contributed by atoms with Crippen LogP contribution in [-0.4, -0.2) is 16.0 Å². The van der Waals surface area contributed by atoms with Gasteiger partial charge < -0.3 is 0 Å². The Morgan fingerprint density at radius 1 is 0.649 bits per heavy atom. The number of allylic oxidation sites excluding steroid dienone is 4. The second-order valence-corrected chi connectivity index (χ2v) is 17.7. The average molecular weight is 559 g/mol. The first-order chi connectivity index (χ1) is 16.8. The summed E-state index contributed by atoms with van der Waals surface area (Å²) in [7, 11) is -1.88. The molecule has 0 radical (unpaired) electrons. The van der Waals surface area contributed by atoms with E-state index in [0.717, 1.165) is 36.0 Å². The lowest BCUT2D eigenvalue weighted by Gasteiger charge is -2.46. The molecule has 0 aliphatic heterocycles. The Labute approximate surface area is 218 Å².